The summed E-state index contributed by atoms with van der Waals surface area (Å²) >= 11 is 0. The van der Waals surface area contributed by atoms with Gasteiger partial charge in [0.15, 0.2) is 0 Å². The molecule has 0 radical (unpaired) electrons. The molecule has 0 aliphatic carbocycles. The number of hydrogen-bond acceptors (Lipinski definition) is 5. The van der Waals surface area contributed by atoms with Crippen molar-refractivity contribution in [2.45, 2.75) is 19.9 Å². The summed E-state index contributed by atoms with van der Waals surface area (Å²) in [6, 6.07) is 9.28. The molecule has 0 saturated carbocycles. The first-order chi connectivity index (χ1) is 11.9. The van der Waals surface area contributed by atoms with E-state index in [0.717, 1.165) is 5.56 Å². The van der Waals surface area contributed by atoms with Gasteiger partial charge in [0, 0.05) is 22.8 Å². The first kappa shape index (κ1) is 18.3. The van der Waals surface area contributed by atoms with Crippen LogP contribution in [0.5, 0.6) is 11.5 Å². The van der Waals surface area contributed by atoms with Crippen LogP contribution in [0, 0.1) is 17.0 Å². The zero-order valence-electron chi connectivity index (χ0n) is 14.5. The molecule has 0 spiro atoms. The maximum absolute atomic E-state index is 12.5. The Labute approximate surface area is 145 Å². The number of nitro groups is 1. The van der Waals surface area contributed by atoms with Crippen LogP contribution in [0.25, 0.3) is 0 Å². The Balaban J connectivity index is 2.23. The molecule has 0 saturated heterocycles. The molecular weight excluding hydrogens is 324 g/mol. The number of carbonyl (C=O) groups excluding carboxylic acids is 1. The van der Waals surface area contributed by atoms with Crippen molar-refractivity contribution >= 4 is 11.6 Å². The van der Waals surface area contributed by atoms with Crippen molar-refractivity contribution in [3.05, 3.63) is 63.2 Å². The van der Waals surface area contributed by atoms with E-state index in [1.807, 2.05) is 6.92 Å². The molecule has 1 amide bonds. The van der Waals surface area contributed by atoms with Gasteiger partial charge < -0.3 is 14.8 Å². The quantitative estimate of drug-likeness (QED) is 0.640. The molecule has 0 fully saturated rings. The molecule has 25 heavy (non-hydrogen) atoms. The number of nitrogens with zero attached hydrogens (tertiary/aromatic N) is 1. The minimum atomic E-state index is -0.471. The molecule has 7 nitrogen and oxygen atoms in total. The van der Waals surface area contributed by atoms with Crippen LogP contribution >= 0.6 is 0 Å². The predicted molar refractivity (Wildman–Crippen MR) is 93.3 cm³/mol. The van der Waals surface area contributed by atoms with Crippen LogP contribution in [0.1, 0.15) is 34.5 Å². The van der Waals surface area contributed by atoms with Crippen molar-refractivity contribution in [1.82, 2.24) is 5.32 Å². The highest BCUT2D eigenvalue weighted by atomic mass is 16.6. The molecule has 132 valence electrons. The van der Waals surface area contributed by atoms with Crippen LogP contribution in [0.15, 0.2) is 36.4 Å². The lowest BCUT2D eigenvalue weighted by Gasteiger charge is -2.18. The SMILES string of the molecule is COc1ccc(OC)c([C@H](C)NC(=O)c2ccc([N+](=O)[O-])c(C)c2)c1. The maximum atomic E-state index is 12.5. The standard InChI is InChI=1S/C18H20N2O5/c1-11-9-13(5-7-16(11)20(22)23)18(21)19-12(2)15-10-14(24-3)6-8-17(15)25-4/h5-10,12H,1-4H3,(H,19,21)/t12-/m0/s1. The van der Waals surface area contributed by atoms with E-state index < -0.39 is 4.92 Å². The van der Waals surface area contributed by atoms with Crippen molar-refractivity contribution < 1.29 is 19.2 Å². The molecular formula is C18H20N2O5. The van der Waals surface area contributed by atoms with Gasteiger partial charge in [0.25, 0.3) is 11.6 Å². The second-order valence-corrected chi connectivity index (χ2v) is 5.56. The van der Waals surface area contributed by atoms with E-state index in [-0.39, 0.29) is 17.6 Å². The zero-order valence-corrected chi connectivity index (χ0v) is 14.5. The Kier molecular flexibility index (Phi) is 5.59. The highest BCUT2D eigenvalue weighted by molar-refractivity contribution is 5.95. The topological polar surface area (TPSA) is 90.7 Å². The number of aryl methyl sites for hydroxylation is 1. The minimum Gasteiger partial charge on any atom is -0.497 e. The summed E-state index contributed by atoms with van der Waals surface area (Å²) in [5.74, 6) is 0.965. The third kappa shape index (κ3) is 4.06. The fourth-order valence-electron chi connectivity index (χ4n) is 2.54. The van der Waals surface area contributed by atoms with Gasteiger partial charge in [-0.15, -0.1) is 0 Å². The third-order valence-electron chi connectivity index (χ3n) is 3.91. The van der Waals surface area contributed by atoms with Gasteiger partial charge in [-0.05, 0) is 44.2 Å². The molecule has 0 bridgehead atoms. The predicted octanol–water partition coefficient (Wildman–Crippen LogP) is 3.41. The molecule has 1 atom stereocenters. The summed E-state index contributed by atoms with van der Waals surface area (Å²) in [7, 11) is 3.12. The monoisotopic (exact) mass is 344 g/mol. The zero-order chi connectivity index (χ0) is 18.6. The first-order valence-corrected chi connectivity index (χ1v) is 7.65. The second-order valence-electron chi connectivity index (χ2n) is 5.56. The number of nitro benzene ring substituents is 1. The largest absolute Gasteiger partial charge is 0.497 e. The van der Waals surface area contributed by atoms with Crippen molar-refractivity contribution in [1.29, 1.82) is 0 Å². The van der Waals surface area contributed by atoms with Gasteiger partial charge in [0.2, 0.25) is 0 Å². The fourth-order valence-corrected chi connectivity index (χ4v) is 2.54. The smallest absolute Gasteiger partial charge is 0.272 e. The van der Waals surface area contributed by atoms with E-state index in [4.69, 9.17) is 9.47 Å². The molecule has 2 rings (SSSR count). The molecule has 0 aliphatic heterocycles. The Morgan fingerprint density at radius 1 is 1.16 bits per heavy atom. The van der Waals surface area contributed by atoms with Crippen molar-refractivity contribution in [3.63, 3.8) is 0 Å². The van der Waals surface area contributed by atoms with Crippen molar-refractivity contribution in [3.8, 4) is 11.5 Å². The molecule has 0 aliphatic rings. The highest BCUT2D eigenvalue weighted by Crippen LogP contribution is 2.29. The normalized spacial score (nSPS) is 11.5. The van der Waals surface area contributed by atoms with Crippen LogP contribution in [-0.4, -0.2) is 25.1 Å². The Bertz CT molecular complexity index is 804. The van der Waals surface area contributed by atoms with E-state index in [1.165, 1.54) is 18.2 Å². The van der Waals surface area contributed by atoms with Gasteiger partial charge in [-0.1, -0.05) is 0 Å². The number of hydrogen-bond donors (Lipinski definition) is 1. The summed E-state index contributed by atoms with van der Waals surface area (Å²) in [4.78, 5) is 22.9. The van der Waals surface area contributed by atoms with Crippen molar-refractivity contribution in [2.24, 2.45) is 0 Å². The molecule has 2 aromatic rings. The van der Waals surface area contributed by atoms with Gasteiger partial charge in [-0.2, -0.15) is 0 Å². The summed E-state index contributed by atoms with van der Waals surface area (Å²) in [5.41, 5.74) is 1.55. The van der Waals surface area contributed by atoms with Crippen LogP contribution < -0.4 is 14.8 Å². The van der Waals surface area contributed by atoms with E-state index >= 15 is 0 Å². The van der Waals surface area contributed by atoms with E-state index in [9.17, 15) is 14.9 Å². The molecule has 1 N–H and O–H groups in total. The number of methoxy groups -OCH3 is 2. The van der Waals surface area contributed by atoms with Crippen LogP contribution in [0.3, 0.4) is 0 Å². The van der Waals surface area contributed by atoms with Gasteiger partial charge >= 0.3 is 0 Å². The van der Waals surface area contributed by atoms with E-state index in [1.54, 1.807) is 39.3 Å². The lowest BCUT2D eigenvalue weighted by atomic mass is 10.0. The van der Waals surface area contributed by atoms with Gasteiger partial charge in [-0.3, -0.25) is 14.9 Å². The fraction of sp³-hybridized carbons (Fsp3) is 0.278. The average Bonchev–Trinajstić information content (AvgIpc) is 2.60. The first-order valence-electron chi connectivity index (χ1n) is 7.65. The van der Waals surface area contributed by atoms with Gasteiger partial charge in [0.1, 0.15) is 11.5 Å². The summed E-state index contributed by atoms with van der Waals surface area (Å²) in [5, 5.41) is 13.7. The summed E-state index contributed by atoms with van der Waals surface area (Å²) < 4.78 is 10.5. The van der Waals surface area contributed by atoms with Crippen LogP contribution in [0.4, 0.5) is 5.69 Å². The number of benzene rings is 2. The molecule has 0 aromatic heterocycles. The van der Waals surface area contributed by atoms with Crippen LogP contribution in [-0.2, 0) is 0 Å². The molecule has 7 heteroatoms. The maximum Gasteiger partial charge on any atom is 0.272 e. The third-order valence-corrected chi connectivity index (χ3v) is 3.91. The van der Waals surface area contributed by atoms with Crippen LogP contribution in [0.2, 0.25) is 0 Å². The summed E-state index contributed by atoms with van der Waals surface area (Å²) in [6.45, 7) is 3.43. The number of ether oxygens (including phenoxy) is 2. The Morgan fingerprint density at radius 3 is 2.44 bits per heavy atom. The summed E-state index contributed by atoms with van der Waals surface area (Å²) in [6.07, 6.45) is 0. The van der Waals surface area contributed by atoms with E-state index in [0.29, 0.717) is 22.6 Å². The average molecular weight is 344 g/mol. The lowest BCUT2D eigenvalue weighted by molar-refractivity contribution is -0.385. The molecule has 0 heterocycles. The number of rotatable bonds is 6. The number of nitrogens with one attached hydrogen (secondary N) is 1. The van der Waals surface area contributed by atoms with Gasteiger partial charge in [0.05, 0.1) is 25.2 Å². The minimum absolute atomic E-state index is 0.0148. The number of carbonyl (C=O) groups is 1. The van der Waals surface area contributed by atoms with Gasteiger partial charge in [-0.25, -0.2) is 0 Å². The highest BCUT2D eigenvalue weighted by Gasteiger charge is 2.18. The lowest BCUT2D eigenvalue weighted by Crippen LogP contribution is -2.27. The Hall–Kier alpha value is -3.09. The second kappa shape index (κ2) is 7.65. The molecule has 2 aromatic carbocycles. The Morgan fingerprint density at radius 2 is 1.88 bits per heavy atom. The van der Waals surface area contributed by atoms with E-state index in [2.05, 4.69) is 5.32 Å². The molecule has 0 unspecified atom stereocenters. The number of amides is 1. The van der Waals surface area contributed by atoms with Crippen molar-refractivity contribution in [2.75, 3.05) is 14.2 Å².